The fourth-order valence-corrected chi connectivity index (χ4v) is 2.28. The fourth-order valence-electron chi connectivity index (χ4n) is 2.28. The van der Waals surface area contributed by atoms with Crippen molar-refractivity contribution in [3.05, 3.63) is 47.3 Å². The third kappa shape index (κ3) is 4.30. The van der Waals surface area contributed by atoms with E-state index in [0.29, 0.717) is 13.2 Å². The Kier molecular flexibility index (Phi) is 4.93. The van der Waals surface area contributed by atoms with Gasteiger partial charge in [-0.1, -0.05) is 11.2 Å². The van der Waals surface area contributed by atoms with Crippen molar-refractivity contribution in [3.8, 4) is 5.75 Å². The van der Waals surface area contributed by atoms with Gasteiger partial charge in [-0.25, -0.2) is 5.06 Å². The van der Waals surface area contributed by atoms with Gasteiger partial charge in [0.15, 0.2) is 11.5 Å². The van der Waals surface area contributed by atoms with Crippen LogP contribution in [0.2, 0.25) is 0 Å². The highest BCUT2D eigenvalue weighted by Gasteiger charge is 2.30. The van der Waals surface area contributed by atoms with Gasteiger partial charge in [-0.3, -0.25) is 9.63 Å². The Morgan fingerprint density at radius 1 is 1.28 bits per heavy atom. The average Bonchev–Trinajstić information content (AvgIpc) is 3.08. The molecule has 2 aromatic rings. The number of hydrogen-bond acceptors (Lipinski definition) is 5. The number of carbonyl (C=O) groups excluding carboxylic acids is 1. The summed E-state index contributed by atoms with van der Waals surface area (Å²) in [5.41, 5.74) is -0.745. The van der Waals surface area contributed by atoms with Gasteiger partial charge in [-0.15, -0.1) is 0 Å². The Balaban J connectivity index is 1.61. The standard InChI is InChI=1S/C16H15F3N2O4/c17-16(18,19)11-4-3-5-12(8-11)23-10-13-9-14(20-25-13)15(22)21-6-1-2-7-24-21/h3-5,8-9H,1-2,6-7,10H2. The van der Waals surface area contributed by atoms with E-state index in [0.717, 1.165) is 25.0 Å². The zero-order valence-corrected chi connectivity index (χ0v) is 13.1. The molecule has 134 valence electrons. The van der Waals surface area contributed by atoms with E-state index in [2.05, 4.69) is 5.16 Å². The minimum Gasteiger partial charge on any atom is -0.486 e. The highest BCUT2D eigenvalue weighted by Crippen LogP contribution is 2.31. The molecule has 1 amide bonds. The number of aromatic nitrogens is 1. The Bertz CT molecular complexity index is 739. The summed E-state index contributed by atoms with van der Waals surface area (Å²) in [6, 6.07) is 5.88. The lowest BCUT2D eigenvalue weighted by atomic mass is 10.2. The lowest BCUT2D eigenvalue weighted by Crippen LogP contribution is -2.35. The molecule has 0 bridgehead atoms. The van der Waals surface area contributed by atoms with E-state index in [1.54, 1.807) is 0 Å². The van der Waals surface area contributed by atoms with Crippen molar-refractivity contribution >= 4 is 5.91 Å². The van der Waals surface area contributed by atoms with Crippen molar-refractivity contribution in [3.63, 3.8) is 0 Å². The van der Waals surface area contributed by atoms with E-state index < -0.39 is 17.6 Å². The molecule has 9 heteroatoms. The van der Waals surface area contributed by atoms with E-state index in [4.69, 9.17) is 14.1 Å². The third-order valence-electron chi connectivity index (χ3n) is 3.55. The molecule has 0 N–H and O–H groups in total. The van der Waals surface area contributed by atoms with E-state index in [9.17, 15) is 18.0 Å². The summed E-state index contributed by atoms with van der Waals surface area (Å²) in [6.07, 6.45) is -2.71. The number of hydrogen-bond donors (Lipinski definition) is 0. The van der Waals surface area contributed by atoms with Crippen LogP contribution < -0.4 is 4.74 Å². The molecule has 0 saturated carbocycles. The first-order valence-corrected chi connectivity index (χ1v) is 7.64. The summed E-state index contributed by atoms with van der Waals surface area (Å²) >= 11 is 0. The number of alkyl halides is 3. The van der Waals surface area contributed by atoms with Gasteiger partial charge >= 0.3 is 6.18 Å². The second-order valence-corrected chi connectivity index (χ2v) is 5.44. The summed E-state index contributed by atoms with van der Waals surface area (Å²) in [5.74, 6) is -0.162. The number of benzene rings is 1. The number of halogens is 3. The molecule has 3 rings (SSSR count). The number of rotatable bonds is 4. The van der Waals surface area contributed by atoms with Gasteiger partial charge in [-0.2, -0.15) is 13.2 Å². The second-order valence-electron chi connectivity index (χ2n) is 5.44. The van der Waals surface area contributed by atoms with Crippen molar-refractivity contribution in [1.29, 1.82) is 0 Å². The normalized spacial score (nSPS) is 15.2. The van der Waals surface area contributed by atoms with Crippen LogP contribution in [0.15, 0.2) is 34.9 Å². The lowest BCUT2D eigenvalue weighted by Gasteiger charge is -2.24. The molecule has 1 aromatic carbocycles. The van der Waals surface area contributed by atoms with Gasteiger partial charge in [-0.05, 0) is 31.0 Å². The summed E-state index contributed by atoms with van der Waals surface area (Å²) in [5, 5.41) is 4.88. The van der Waals surface area contributed by atoms with Gasteiger partial charge in [0.05, 0.1) is 12.2 Å². The topological polar surface area (TPSA) is 64.8 Å². The molecule has 0 unspecified atom stereocenters. The highest BCUT2D eigenvalue weighted by molar-refractivity contribution is 5.91. The van der Waals surface area contributed by atoms with Crippen molar-refractivity contribution in [2.75, 3.05) is 13.2 Å². The smallest absolute Gasteiger partial charge is 0.416 e. The van der Waals surface area contributed by atoms with Gasteiger partial charge < -0.3 is 9.26 Å². The summed E-state index contributed by atoms with van der Waals surface area (Å²) in [7, 11) is 0. The number of amides is 1. The first-order valence-electron chi connectivity index (χ1n) is 7.64. The van der Waals surface area contributed by atoms with Crippen LogP contribution >= 0.6 is 0 Å². The third-order valence-corrected chi connectivity index (χ3v) is 3.55. The van der Waals surface area contributed by atoms with Crippen molar-refractivity contribution in [2.45, 2.75) is 25.6 Å². The second kappa shape index (κ2) is 7.14. The van der Waals surface area contributed by atoms with Crippen LogP contribution in [0, 0.1) is 0 Å². The van der Waals surface area contributed by atoms with Crippen LogP contribution in [0.1, 0.15) is 34.7 Å². The van der Waals surface area contributed by atoms with Crippen molar-refractivity contribution in [2.24, 2.45) is 0 Å². The molecule has 1 aliphatic rings. The lowest BCUT2D eigenvalue weighted by molar-refractivity contribution is -0.144. The van der Waals surface area contributed by atoms with Gasteiger partial charge in [0.1, 0.15) is 12.4 Å². The van der Waals surface area contributed by atoms with Crippen LogP contribution in [0.25, 0.3) is 0 Å². The summed E-state index contributed by atoms with van der Waals surface area (Å²) in [6.45, 7) is 0.791. The quantitative estimate of drug-likeness (QED) is 0.840. The molecule has 0 atom stereocenters. The largest absolute Gasteiger partial charge is 0.486 e. The minimum atomic E-state index is -4.44. The number of ether oxygens (including phenoxy) is 1. The molecular formula is C16H15F3N2O4. The van der Waals surface area contributed by atoms with Gasteiger partial charge in [0, 0.05) is 12.6 Å². The SMILES string of the molecule is O=C(c1cc(COc2cccc(C(F)(F)F)c2)on1)N1CCCCO1. The van der Waals surface area contributed by atoms with E-state index in [1.807, 2.05) is 0 Å². The highest BCUT2D eigenvalue weighted by atomic mass is 19.4. The number of hydroxylamine groups is 2. The predicted molar refractivity (Wildman–Crippen MR) is 78.5 cm³/mol. The van der Waals surface area contributed by atoms with Crippen molar-refractivity contribution < 1.29 is 32.1 Å². The Hall–Kier alpha value is -2.55. The molecule has 0 radical (unpaired) electrons. The number of carbonyl (C=O) groups is 1. The fraction of sp³-hybridized carbons (Fsp3) is 0.375. The van der Waals surface area contributed by atoms with Crippen LogP contribution in [0.5, 0.6) is 5.75 Å². The molecular weight excluding hydrogens is 341 g/mol. The van der Waals surface area contributed by atoms with Crippen LogP contribution in [0.4, 0.5) is 13.2 Å². The Morgan fingerprint density at radius 2 is 2.12 bits per heavy atom. The predicted octanol–water partition coefficient (Wildman–Crippen LogP) is 3.44. The van der Waals surface area contributed by atoms with Gasteiger partial charge in [0.25, 0.3) is 5.91 Å². The first-order chi connectivity index (χ1) is 11.9. The van der Waals surface area contributed by atoms with Crippen molar-refractivity contribution in [1.82, 2.24) is 10.2 Å². The van der Waals surface area contributed by atoms with E-state index >= 15 is 0 Å². The maximum Gasteiger partial charge on any atom is 0.416 e. The molecule has 0 spiro atoms. The molecule has 1 fully saturated rings. The summed E-state index contributed by atoms with van der Waals surface area (Å²) < 4.78 is 48.3. The van der Waals surface area contributed by atoms with E-state index in [1.165, 1.54) is 23.3 Å². The zero-order chi connectivity index (χ0) is 17.9. The zero-order valence-electron chi connectivity index (χ0n) is 13.1. The Labute approximate surface area is 141 Å². The molecule has 2 heterocycles. The minimum absolute atomic E-state index is 0.0402. The first kappa shape index (κ1) is 17.3. The molecule has 1 aliphatic heterocycles. The molecule has 6 nitrogen and oxygen atoms in total. The molecule has 1 saturated heterocycles. The van der Waals surface area contributed by atoms with Crippen LogP contribution in [0.3, 0.4) is 0 Å². The average molecular weight is 356 g/mol. The molecule has 0 aliphatic carbocycles. The maximum atomic E-state index is 12.7. The van der Waals surface area contributed by atoms with E-state index in [-0.39, 0.29) is 23.8 Å². The maximum absolute atomic E-state index is 12.7. The van der Waals surface area contributed by atoms with Gasteiger partial charge in [0.2, 0.25) is 0 Å². The van der Waals surface area contributed by atoms with Crippen LogP contribution in [-0.2, 0) is 17.6 Å². The monoisotopic (exact) mass is 356 g/mol. The Morgan fingerprint density at radius 3 is 2.84 bits per heavy atom. The molecule has 25 heavy (non-hydrogen) atoms. The van der Waals surface area contributed by atoms with Crippen LogP contribution in [-0.4, -0.2) is 29.3 Å². The summed E-state index contributed by atoms with van der Waals surface area (Å²) in [4.78, 5) is 17.4. The molecule has 1 aromatic heterocycles. The number of nitrogens with zero attached hydrogens (tertiary/aromatic N) is 2.